The number of benzene rings is 1. The zero-order chi connectivity index (χ0) is 24.8. The minimum Gasteiger partial charge on any atom is -0.481 e. The number of alkyl halides is 3. The number of nitrogens with one attached hydrogen (secondary N) is 2. The van der Waals surface area contributed by atoms with Crippen LogP contribution in [0.25, 0.3) is 22.2 Å². The maximum atomic E-state index is 14.6. The van der Waals surface area contributed by atoms with Crippen molar-refractivity contribution in [3.05, 3.63) is 36.5 Å². The van der Waals surface area contributed by atoms with Gasteiger partial charge in [-0.15, -0.1) is 0 Å². The molecule has 1 unspecified atom stereocenters. The molecule has 35 heavy (non-hydrogen) atoms. The molecule has 0 spiro atoms. The Kier molecular flexibility index (Phi) is 5.65. The molecular weight excluding hydrogens is 463 g/mol. The molecular formula is C24H24F3N5O3. The zero-order valence-electron chi connectivity index (χ0n) is 19.0. The summed E-state index contributed by atoms with van der Waals surface area (Å²) in [6, 6.07) is 8.06. The Hall–Kier alpha value is -3.63. The Morgan fingerprint density at radius 2 is 2.03 bits per heavy atom. The minimum atomic E-state index is -5.11. The Morgan fingerprint density at radius 3 is 2.69 bits per heavy atom. The number of pyridine rings is 1. The fourth-order valence-electron chi connectivity index (χ4n) is 5.05. The fourth-order valence-corrected chi connectivity index (χ4v) is 5.05. The third-order valence-electron chi connectivity index (χ3n) is 6.82. The molecule has 1 aromatic carbocycles. The summed E-state index contributed by atoms with van der Waals surface area (Å²) >= 11 is 0. The Balaban J connectivity index is 1.56. The first-order valence-electron chi connectivity index (χ1n) is 11.5. The number of hydrogen-bond donors (Lipinski definition) is 2. The molecule has 1 saturated carbocycles. The van der Waals surface area contributed by atoms with E-state index in [0.717, 1.165) is 30.3 Å². The average molecular weight is 487 g/mol. The lowest BCUT2D eigenvalue weighted by molar-refractivity contribution is -0.217. The van der Waals surface area contributed by atoms with Crippen molar-refractivity contribution in [1.29, 1.82) is 0 Å². The van der Waals surface area contributed by atoms with E-state index in [-0.39, 0.29) is 23.4 Å². The smallest absolute Gasteiger partial charge is 0.440 e. The maximum absolute atomic E-state index is 14.6. The monoisotopic (exact) mass is 487 g/mol. The van der Waals surface area contributed by atoms with Crippen LogP contribution in [-0.4, -0.2) is 39.6 Å². The van der Waals surface area contributed by atoms with E-state index >= 15 is 0 Å². The molecule has 184 valence electrons. The van der Waals surface area contributed by atoms with Crippen LogP contribution in [-0.2, 0) is 15.3 Å². The van der Waals surface area contributed by atoms with Crippen molar-refractivity contribution in [3.8, 4) is 17.0 Å². The second kappa shape index (κ2) is 8.54. The van der Waals surface area contributed by atoms with Gasteiger partial charge in [0.15, 0.2) is 0 Å². The third-order valence-corrected chi connectivity index (χ3v) is 6.82. The van der Waals surface area contributed by atoms with Crippen molar-refractivity contribution >= 4 is 28.8 Å². The van der Waals surface area contributed by atoms with Gasteiger partial charge >= 0.3 is 6.18 Å². The number of para-hydroxylation sites is 1. The Morgan fingerprint density at radius 1 is 1.26 bits per heavy atom. The maximum Gasteiger partial charge on any atom is 0.440 e. The van der Waals surface area contributed by atoms with Gasteiger partial charge in [-0.05, 0) is 24.5 Å². The average Bonchev–Trinajstić information content (AvgIpc) is 3.53. The van der Waals surface area contributed by atoms with Gasteiger partial charge in [0.25, 0.3) is 11.6 Å². The summed E-state index contributed by atoms with van der Waals surface area (Å²) < 4.78 is 49.6. The summed E-state index contributed by atoms with van der Waals surface area (Å²) in [4.78, 5) is 34.0. The van der Waals surface area contributed by atoms with E-state index in [4.69, 9.17) is 4.74 Å². The van der Waals surface area contributed by atoms with Gasteiger partial charge in [0.2, 0.25) is 17.7 Å². The van der Waals surface area contributed by atoms with Crippen LogP contribution in [0.15, 0.2) is 36.5 Å². The number of carbonyl (C=O) groups excluding carboxylic acids is 2. The number of anilines is 1. The highest BCUT2D eigenvalue weighted by Crippen LogP contribution is 2.45. The normalized spacial score (nSPS) is 20.2. The van der Waals surface area contributed by atoms with E-state index in [1.807, 2.05) is 5.32 Å². The molecule has 5 rings (SSSR count). The molecule has 1 aliphatic heterocycles. The van der Waals surface area contributed by atoms with Crippen molar-refractivity contribution in [2.24, 2.45) is 5.92 Å². The highest BCUT2D eigenvalue weighted by atomic mass is 19.4. The van der Waals surface area contributed by atoms with E-state index in [2.05, 4.69) is 15.3 Å². The van der Waals surface area contributed by atoms with E-state index < -0.39 is 23.7 Å². The first-order valence-corrected chi connectivity index (χ1v) is 11.5. The number of carbonyl (C=O) groups is 2. The molecule has 11 heteroatoms. The molecule has 1 atom stereocenters. The molecule has 1 aliphatic carbocycles. The van der Waals surface area contributed by atoms with Crippen LogP contribution >= 0.6 is 0 Å². The summed E-state index contributed by atoms with van der Waals surface area (Å²) in [6.45, 7) is 0. The molecule has 2 aromatic heterocycles. The van der Waals surface area contributed by atoms with E-state index in [1.165, 1.54) is 19.4 Å². The zero-order valence-corrected chi connectivity index (χ0v) is 19.0. The van der Waals surface area contributed by atoms with E-state index in [0.29, 0.717) is 29.3 Å². The largest absolute Gasteiger partial charge is 0.481 e. The van der Waals surface area contributed by atoms with E-state index in [9.17, 15) is 22.8 Å². The lowest BCUT2D eigenvalue weighted by Gasteiger charge is -2.32. The number of nitrogens with zero attached hydrogens (tertiary/aromatic N) is 3. The lowest BCUT2D eigenvalue weighted by atomic mass is 10.0. The van der Waals surface area contributed by atoms with Crippen LogP contribution in [0.2, 0.25) is 0 Å². The molecule has 2 N–H and O–H groups in total. The predicted molar refractivity (Wildman–Crippen MR) is 122 cm³/mol. The van der Waals surface area contributed by atoms with Gasteiger partial charge in [-0.3, -0.25) is 19.5 Å². The number of aromatic nitrogens is 3. The Labute approximate surface area is 198 Å². The summed E-state index contributed by atoms with van der Waals surface area (Å²) in [6.07, 6.45) is 0.896. The van der Waals surface area contributed by atoms with Crippen molar-refractivity contribution in [1.82, 2.24) is 19.9 Å². The number of amides is 2. The minimum absolute atomic E-state index is 0.0556. The predicted octanol–water partition coefficient (Wildman–Crippen LogP) is 4.36. The van der Waals surface area contributed by atoms with Gasteiger partial charge < -0.3 is 10.1 Å². The van der Waals surface area contributed by atoms with Crippen molar-refractivity contribution < 1.29 is 27.5 Å². The molecule has 0 saturated heterocycles. The number of fused-ring (bicyclic) bond motifs is 3. The van der Waals surface area contributed by atoms with Crippen LogP contribution in [0.1, 0.15) is 38.5 Å². The lowest BCUT2D eigenvalue weighted by Crippen LogP contribution is -2.63. The SMILES string of the molecule is COc1ccc(-c2cccc3c2nc2n3C(NC(=O)CCC3CCCC3)(C(F)(F)F)C(=O)N2)cn1. The first kappa shape index (κ1) is 23.1. The standard InChI is InChI=1S/C24H24F3N5O3/c1-35-19-12-10-15(13-28-19)16-7-4-8-17-20(16)29-22-30-21(34)23(32(17)22,24(25,26)27)31-18(33)11-9-14-5-2-3-6-14/h4,7-8,10,12-14H,2-3,5-6,9,11H2,1H3,(H,31,33)(H,29,30,34). The molecule has 3 aromatic rings. The van der Waals surface area contributed by atoms with Gasteiger partial charge in [-0.1, -0.05) is 37.8 Å². The number of rotatable bonds is 6. The molecule has 2 aliphatic rings. The highest BCUT2D eigenvalue weighted by molar-refractivity contribution is 6.06. The highest BCUT2D eigenvalue weighted by Gasteiger charge is 2.67. The molecule has 0 radical (unpaired) electrons. The summed E-state index contributed by atoms with van der Waals surface area (Å²) in [5.74, 6) is -1.79. The molecule has 1 fully saturated rings. The van der Waals surface area contributed by atoms with Crippen LogP contribution in [0.3, 0.4) is 0 Å². The molecule has 0 bridgehead atoms. The summed E-state index contributed by atoms with van der Waals surface area (Å²) in [5.41, 5.74) is -1.86. The first-order chi connectivity index (χ1) is 16.7. The number of halogens is 3. The number of methoxy groups -OCH3 is 1. The Bertz CT molecular complexity index is 1280. The molecule has 3 heterocycles. The number of imidazole rings is 1. The van der Waals surface area contributed by atoms with Crippen LogP contribution in [0.4, 0.5) is 19.1 Å². The topological polar surface area (TPSA) is 98.1 Å². The molecule has 2 amide bonds. The summed E-state index contributed by atoms with van der Waals surface area (Å²) in [7, 11) is 1.48. The quantitative estimate of drug-likeness (QED) is 0.539. The van der Waals surface area contributed by atoms with Crippen molar-refractivity contribution in [2.75, 3.05) is 12.4 Å². The number of ether oxygens (including phenoxy) is 1. The van der Waals surface area contributed by atoms with Gasteiger partial charge in [0, 0.05) is 29.8 Å². The second-order valence-corrected chi connectivity index (χ2v) is 8.93. The molecule has 8 nitrogen and oxygen atoms in total. The van der Waals surface area contributed by atoms with Gasteiger partial charge in [-0.2, -0.15) is 13.2 Å². The van der Waals surface area contributed by atoms with Gasteiger partial charge in [0.1, 0.15) is 0 Å². The van der Waals surface area contributed by atoms with E-state index in [1.54, 1.807) is 24.3 Å². The van der Waals surface area contributed by atoms with Crippen LogP contribution < -0.4 is 15.4 Å². The fraction of sp³-hybridized carbons (Fsp3) is 0.417. The van der Waals surface area contributed by atoms with Gasteiger partial charge in [0.05, 0.1) is 18.1 Å². The van der Waals surface area contributed by atoms with Crippen LogP contribution in [0, 0.1) is 5.92 Å². The second-order valence-electron chi connectivity index (χ2n) is 8.93. The van der Waals surface area contributed by atoms with Crippen molar-refractivity contribution in [2.45, 2.75) is 50.4 Å². The van der Waals surface area contributed by atoms with Crippen LogP contribution in [0.5, 0.6) is 5.88 Å². The summed E-state index contributed by atoms with van der Waals surface area (Å²) in [5, 5.41) is 4.26. The van der Waals surface area contributed by atoms with Gasteiger partial charge in [-0.25, -0.2) is 9.97 Å². The number of hydrogen-bond acceptors (Lipinski definition) is 5. The third kappa shape index (κ3) is 3.78. The van der Waals surface area contributed by atoms with Crippen molar-refractivity contribution in [3.63, 3.8) is 0 Å².